The Kier molecular flexibility index (Phi) is 5.09. The van der Waals surface area contributed by atoms with E-state index in [-0.39, 0.29) is 0 Å². The van der Waals surface area contributed by atoms with E-state index in [4.69, 9.17) is 9.47 Å². The van der Waals surface area contributed by atoms with Gasteiger partial charge in [0.25, 0.3) is 0 Å². The van der Waals surface area contributed by atoms with Crippen LogP contribution in [0.4, 0.5) is 0 Å². The minimum atomic E-state index is -0.845. The Morgan fingerprint density at radius 2 is 1.96 bits per heavy atom. The number of carboxylic acids is 1. The number of benzene rings is 2. The topological polar surface area (TPSA) is 74.8 Å². The lowest BCUT2D eigenvalue weighted by atomic mass is 10.0. The van der Waals surface area contributed by atoms with Crippen LogP contribution in [0.3, 0.4) is 0 Å². The Morgan fingerprint density at radius 1 is 1.19 bits per heavy atom. The lowest BCUT2D eigenvalue weighted by Crippen LogP contribution is -2.42. The van der Waals surface area contributed by atoms with E-state index in [0.29, 0.717) is 32.9 Å². The number of aromatic amines is 1. The number of hydrogen-bond acceptors (Lipinski definition) is 4. The van der Waals surface area contributed by atoms with Gasteiger partial charge in [-0.2, -0.15) is 0 Å². The molecule has 6 heteroatoms. The van der Waals surface area contributed by atoms with Gasteiger partial charge in [0, 0.05) is 41.8 Å². The standard InChI is InChI=1S/C21H22N2O4/c24-21(25)20(23-8-10-26-11-9-23)18-13-22-19-12-16(6-7-17(18)19)27-14-15-4-2-1-3-5-15/h1-7,12-13,20,22H,8-11,14H2,(H,24,25)/t20-/m0/s1. The summed E-state index contributed by atoms with van der Waals surface area (Å²) in [7, 11) is 0. The predicted molar refractivity (Wildman–Crippen MR) is 102 cm³/mol. The van der Waals surface area contributed by atoms with Crippen LogP contribution in [0.5, 0.6) is 5.75 Å². The first-order chi connectivity index (χ1) is 13.2. The summed E-state index contributed by atoms with van der Waals surface area (Å²) in [4.78, 5) is 17.1. The first kappa shape index (κ1) is 17.6. The molecule has 1 aliphatic rings. The summed E-state index contributed by atoms with van der Waals surface area (Å²) >= 11 is 0. The average molecular weight is 366 g/mol. The minimum Gasteiger partial charge on any atom is -0.489 e. The number of hydrogen-bond donors (Lipinski definition) is 2. The first-order valence-electron chi connectivity index (χ1n) is 9.05. The molecule has 1 fully saturated rings. The molecule has 1 atom stereocenters. The Bertz CT molecular complexity index is 916. The molecule has 0 unspecified atom stereocenters. The van der Waals surface area contributed by atoms with Gasteiger partial charge in [-0.1, -0.05) is 30.3 Å². The second-order valence-electron chi connectivity index (χ2n) is 6.61. The molecule has 27 heavy (non-hydrogen) atoms. The van der Waals surface area contributed by atoms with Gasteiger partial charge < -0.3 is 19.6 Å². The SMILES string of the molecule is O=C(O)[C@H](c1c[nH]c2cc(OCc3ccccc3)ccc12)N1CCOCC1. The lowest BCUT2D eigenvalue weighted by molar-refractivity contribution is -0.145. The third-order valence-corrected chi connectivity index (χ3v) is 4.87. The first-order valence-corrected chi connectivity index (χ1v) is 9.05. The highest BCUT2D eigenvalue weighted by molar-refractivity contribution is 5.89. The number of aliphatic carboxylic acids is 1. The third-order valence-electron chi connectivity index (χ3n) is 4.87. The molecule has 4 rings (SSSR count). The van der Waals surface area contributed by atoms with E-state index in [1.54, 1.807) is 6.20 Å². The Hall–Kier alpha value is -2.83. The van der Waals surface area contributed by atoms with Gasteiger partial charge in [-0.25, -0.2) is 0 Å². The summed E-state index contributed by atoms with van der Waals surface area (Å²) in [5, 5.41) is 10.7. The number of nitrogens with zero attached hydrogens (tertiary/aromatic N) is 1. The molecule has 1 saturated heterocycles. The van der Waals surface area contributed by atoms with Crippen molar-refractivity contribution in [2.75, 3.05) is 26.3 Å². The predicted octanol–water partition coefficient (Wildman–Crippen LogP) is 3.20. The molecule has 0 radical (unpaired) electrons. The van der Waals surface area contributed by atoms with E-state index >= 15 is 0 Å². The van der Waals surface area contributed by atoms with Gasteiger partial charge in [0.1, 0.15) is 18.4 Å². The summed E-state index contributed by atoms with van der Waals surface area (Å²) in [5.74, 6) is -0.0970. The van der Waals surface area contributed by atoms with Crippen LogP contribution in [0.1, 0.15) is 17.2 Å². The molecule has 2 aromatic carbocycles. The average Bonchev–Trinajstić information content (AvgIpc) is 3.11. The maximum atomic E-state index is 11.9. The molecule has 0 bridgehead atoms. The maximum Gasteiger partial charge on any atom is 0.325 e. The van der Waals surface area contributed by atoms with Gasteiger partial charge in [0.15, 0.2) is 0 Å². The zero-order valence-corrected chi connectivity index (χ0v) is 14.9. The fraction of sp³-hybridized carbons (Fsp3) is 0.286. The molecule has 2 N–H and O–H groups in total. The Balaban J connectivity index is 1.56. The van der Waals surface area contributed by atoms with Crippen LogP contribution in [0, 0.1) is 0 Å². The van der Waals surface area contributed by atoms with Crippen LogP contribution in [0.15, 0.2) is 54.7 Å². The zero-order chi connectivity index (χ0) is 18.6. The van der Waals surface area contributed by atoms with E-state index < -0.39 is 12.0 Å². The monoisotopic (exact) mass is 366 g/mol. The van der Waals surface area contributed by atoms with Crippen LogP contribution < -0.4 is 4.74 Å². The number of nitrogens with one attached hydrogen (secondary N) is 1. The van der Waals surface area contributed by atoms with Crippen LogP contribution >= 0.6 is 0 Å². The molecule has 6 nitrogen and oxygen atoms in total. The second kappa shape index (κ2) is 7.82. The summed E-state index contributed by atoms with van der Waals surface area (Å²) in [6, 6.07) is 15.0. The zero-order valence-electron chi connectivity index (χ0n) is 14.9. The molecule has 2 heterocycles. The number of H-pyrrole nitrogens is 1. The van der Waals surface area contributed by atoms with Crippen molar-refractivity contribution in [3.63, 3.8) is 0 Å². The van der Waals surface area contributed by atoms with Gasteiger partial charge in [-0.3, -0.25) is 9.69 Å². The third kappa shape index (κ3) is 3.82. The number of morpholine rings is 1. The van der Waals surface area contributed by atoms with Crippen molar-refractivity contribution in [2.24, 2.45) is 0 Å². The van der Waals surface area contributed by atoms with Crippen molar-refractivity contribution in [1.29, 1.82) is 0 Å². The van der Waals surface area contributed by atoms with Crippen molar-refractivity contribution >= 4 is 16.9 Å². The lowest BCUT2D eigenvalue weighted by Gasteiger charge is -2.31. The summed E-state index contributed by atoms with van der Waals surface area (Å²) in [6.45, 7) is 2.84. The highest BCUT2D eigenvalue weighted by atomic mass is 16.5. The molecule has 1 aromatic heterocycles. The van der Waals surface area contributed by atoms with E-state index in [0.717, 1.165) is 27.8 Å². The fourth-order valence-corrected chi connectivity index (χ4v) is 3.51. The fourth-order valence-electron chi connectivity index (χ4n) is 3.51. The number of carbonyl (C=O) groups is 1. The van der Waals surface area contributed by atoms with Crippen LogP contribution in [-0.2, 0) is 16.1 Å². The number of rotatable bonds is 6. The molecule has 1 aliphatic heterocycles. The Morgan fingerprint density at radius 3 is 2.70 bits per heavy atom. The van der Waals surface area contributed by atoms with E-state index in [1.807, 2.05) is 53.4 Å². The highest BCUT2D eigenvalue weighted by Crippen LogP contribution is 2.31. The van der Waals surface area contributed by atoms with E-state index in [9.17, 15) is 9.90 Å². The van der Waals surface area contributed by atoms with Gasteiger partial charge in [0.2, 0.25) is 0 Å². The minimum absolute atomic E-state index is 0.492. The highest BCUT2D eigenvalue weighted by Gasteiger charge is 2.30. The molecule has 0 spiro atoms. The molecule has 0 aliphatic carbocycles. The van der Waals surface area contributed by atoms with Crippen LogP contribution in [-0.4, -0.2) is 47.3 Å². The molecule has 3 aromatic rings. The van der Waals surface area contributed by atoms with Crippen molar-refractivity contribution < 1.29 is 19.4 Å². The smallest absolute Gasteiger partial charge is 0.325 e. The van der Waals surface area contributed by atoms with Crippen molar-refractivity contribution in [1.82, 2.24) is 9.88 Å². The number of carboxylic acid groups (broad SMARTS) is 1. The number of fused-ring (bicyclic) bond motifs is 1. The van der Waals surface area contributed by atoms with Gasteiger partial charge in [-0.15, -0.1) is 0 Å². The van der Waals surface area contributed by atoms with Gasteiger partial charge >= 0.3 is 5.97 Å². The van der Waals surface area contributed by atoms with Crippen molar-refractivity contribution in [2.45, 2.75) is 12.6 Å². The van der Waals surface area contributed by atoms with Crippen LogP contribution in [0.2, 0.25) is 0 Å². The largest absolute Gasteiger partial charge is 0.489 e. The molecule has 0 amide bonds. The maximum absolute atomic E-state index is 11.9. The normalized spacial score (nSPS) is 16.3. The van der Waals surface area contributed by atoms with Crippen LogP contribution in [0.25, 0.3) is 10.9 Å². The quantitative estimate of drug-likeness (QED) is 0.701. The Labute approximate surface area is 157 Å². The summed E-state index contributed by atoms with van der Waals surface area (Å²) in [5.41, 5.74) is 2.74. The second-order valence-corrected chi connectivity index (χ2v) is 6.61. The number of ether oxygens (including phenoxy) is 2. The van der Waals surface area contributed by atoms with E-state index in [2.05, 4.69) is 4.98 Å². The van der Waals surface area contributed by atoms with Gasteiger partial charge in [-0.05, 0) is 17.7 Å². The number of aromatic nitrogens is 1. The van der Waals surface area contributed by atoms with Crippen molar-refractivity contribution in [3.05, 3.63) is 65.9 Å². The van der Waals surface area contributed by atoms with E-state index in [1.165, 1.54) is 0 Å². The summed E-state index contributed by atoms with van der Waals surface area (Å²) in [6.07, 6.45) is 1.79. The molecular formula is C21H22N2O4. The molecule has 0 saturated carbocycles. The van der Waals surface area contributed by atoms with Gasteiger partial charge in [0.05, 0.1) is 13.2 Å². The molecular weight excluding hydrogens is 344 g/mol. The van der Waals surface area contributed by atoms with Crippen molar-refractivity contribution in [3.8, 4) is 5.75 Å². The summed E-state index contributed by atoms with van der Waals surface area (Å²) < 4.78 is 11.2. The molecule has 140 valence electrons.